The molecule has 0 saturated carbocycles. The van der Waals surface area contributed by atoms with Gasteiger partial charge in [-0.15, -0.1) is 0 Å². The Bertz CT molecular complexity index is 412. The number of fused-ring (bicyclic) bond motifs is 1. The van der Waals surface area contributed by atoms with Gasteiger partial charge >= 0.3 is 0 Å². The third kappa shape index (κ3) is 2.26. The summed E-state index contributed by atoms with van der Waals surface area (Å²) >= 11 is 0. The van der Waals surface area contributed by atoms with Gasteiger partial charge in [0.05, 0.1) is 12.0 Å². The van der Waals surface area contributed by atoms with Crippen molar-refractivity contribution < 1.29 is 9.47 Å². The first kappa shape index (κ1) is 10.8. The molecule has 0 amide bonds. The maximum Gasteiger partial charge on any atom is 0.231 e. The molecule has 16 heavy (non-hydrogen) atoms. The molecule has 0 bridgehead atoms. The summed E-state index contributed by atoms with van der Waals surface area (Å²) in [5.74, 6) is 1.64. The molecule has 1 heterocycles. The van der Waals surface area contributed by atoms with E-state index in [0.29, 0.717) is 19.9 Å². The van der Waals surface area contributed by atoms with Crippen molar-refractivity contribution >= 4 is 0 Å². The third-order valence-electron chi connectivity index (χ3n) is 2.46. The van der Waals surface area contributed by atoms with Crippen LogP contribution in [0.2, 0.25) is 0 Å². The number of nitrogens with zero attached hydrogens (tertiary/aromatic N) is 1. The average Bonchev–Trinajstić information content (AvgIpc) is 2.77. The fourth-order valence-corrected chi connectivity index (χ4v) is 1.60. The minimum Gasteiger partial charge on any atom is -0.454 e. The number of rotatable bonds is 4. The van der Waals surface area contributed by atoms with Crippen molar-refractivity contribution in [1.82, 2.24) is 5.32 Å². The number of nitrogens with one attached hydrogen (secondary N) is 1. The van der Waals surface area contributed by atoms with Gasteiger partial charge in [-0.3, -0.25) is 0 Å². The normalized spacial score (nSPS) is 14.5. The van der Waals surface area contributed by atoms with Crippen LogP contribution >= 0.6 is 0 Å². The van der Waals surface area contributed by atoms with Crippen LogP contribution in [0.3, 0.4) is 0 Å². The molecule has 0 fully saturated rings. The van der Waals surface area contributed by atoms with E-state index in [1.54, 1.807) is 0 Å². The van der Waals surface area contributed by atoms with Crippen LogP contribution in [0.15, 0.2) is 18.2 Å². The van der Waals surface area contributed by atoms with E-state index < -0.39 is 0 Å². The summed E-state index contributed by atoms with van der Waals surface area (Å²) in [6, 6.07) is 8.02. The summed E-state index contributed by atoms with van der Waals surface area (Å²) in [6.07, 6.45) is 0. The molecule has 4 heteroatoms. The molecule has 2 rings (SSSR count). The van der Waals surface area contributed by atoms with Crippen molar-refractivity contribution in [2.75, 3.05) is 13.3 Å². The van der Waals surface area contributed by atoms with Crippen LogP contribution in [0, 0.1) is 17.2 Å². The highest BCUT2D eigenvalue weighted by Crippen LogP contribution is 2.35. The molecular weight excluding hydrogens is 204 g/mol. The molecule has 4 nitrogen and oxygen atoms in total. The number of benzene rings is 1. The highest BCUT2D eigenvalue weighted by atomic mass is 16.7. The Hall–Kier alpha value is -1.73. The van der Waals surface area contributed by atoms with Crippen molar-refractivity contribution in [2.45, 2.75) is 13.5 Å². The smallest absolute Gasteiger partial charge is 0.231 e. The maximum absolute atomic E-state index is 8.65. The standard InChI is InChI=1S/C12H14N2O2/c1-9(5-13)6-14-7-10-3-2-4-11-12(10)16-8-15-11/h2-4,9,14H,6-8H2,1H3. The van der Waals surface area contributed by atoms with Crippen LogP contribution < -0.4 is 14.8 Å². The Morgan fingerprint density at radius 2 is 2.38 bits per heavy atom. The molecule has 1 unspecified atom stereocenters. The van der Waals surface area contributed by atoms with E-state index in [1.165, 1.54) is 0 Å². The van der Waals surface area contributed by atoms with E-state index in [-0.39, 0.29) is 5.92 Å². The molecule has 0 radical (unpaired) electrons. The summed E-state index contributed by atoms with van der Waals surface area (Å²) in [5.41, 5.74) is 1.07. The number of para-hydroxylation sites is 1. The summed E-state index contributed by atoms with van der Waals surface area (Å²) in [6.45, 7) is 3.56. The highest BCUT2D eigenvalue weighted by Gasteiger charge is 2.16. The van der Waals surface area contributed by atoms with Gasteiger partial charge in [0.1, 0.15) is 0 Å². The minimum absolute atomic E-state index is 0.0222. The molecule has 1 N–H and O–H groups in total. The van der Waals surface area contributed by atoms with E-state index in [0.717, 1.165) is 17.1 Å². The van der Waals surface area contributed by atoms with E-state index in [2.05, 4.69) is 11.4 Å². The van der Waals surface area contributed by atoms with Gasteiger partial charge in [-0.25, -0.2) is 0 Å². The first-order valence-electron chi connectivity index (χ1n) is 5.29. The predicted octanol–water partition coefficient (Wildman–Crippen LogP) is 1.66. The monoisotopic (exact) mass is 218 g/mol. The second kappa shape index (κ2) is 4.86. The lowest BCUT2D eigenvalue weighted by Crippen LogP contribution is -2.19. The quantitative estimate of drug-likeness (QED) is 0.835. The first-order valence-corrected chi connectivity index (χ1v) is 5.29. The van der Waals surface area contributed by atoms with Crippen molar-refractivity contribution in [3.8, 4) is 17.6 Å². The molecule has 0 spiro atoms. The van der Waals surface area contributed by atoms with Gasteiger partial charge in [0, 0.05) is 18.7 Å². The Kier molecular flexibility index (Phi) is 3.28. The molecule has 1 aromatic carbocycles. The van der Waals surface area contributed by atoms with Crippen molar-refractivity contribution in [3.63, 3.8) is 0 Å². The molecule has 0 aromatic heterocycles. The van der Waals surface area contributed by atoms with Gasteiger partial charge < -0.3 is 14.8 Å². The molecule has 1 aliphatic rings. The third-order valence-corrected chi connectivity index (χ3v) is 2.46. The van der Waals surface area contributed by atoms with Crippen molar-refractivity contribution in [2.24, 2.45) is 5.92 Å². The fraction of sp³-hybridized carbons (Fsp3) is 0.417. The molecule has 1 atom stereocenters. The van der Waals surface area contributed by atoms with Crippen LogP contribution in [-0.2, 0) is 6.54 Å². The van der Waals surface area contributed by atoms with E-state index in [1.807, 2.05) is 25.1 Å². The van der Waals surface area contributed by atoms with Crippen LogP contribution in [0.4, 0.5) is 0 Å². The molecular formula is C12H14N2O2. The zero-order valence-corrected chi connectivity index (χ0v) is 9.19. The summed E-state index contributed by atoms with van der Waals surface area (Å²) in [4.78, 5) is 0. The lowest BCUT2D eigenvalue weighted by atomic mass is 10.1. The highest BCUT2D eigenvalue weighted by molar-refractivity contribution is 5.48. The second-order valence-electron chi connectivity index (χ2n) is 3.81. The Morgan fingerprint density at radius 3 is 3.19 bits per heavy atom. The van der Waals surface area contributed by atoms with Crippen LogP contribution in [-0.4, -0.2) is 13.3 Å². The van der Waals surface area contributed by atoms with E-state index >= 15 is 0 Å². The van der Waals surface area contributed by atoms with Gasteiger partial charge in [0.2, 0.25) is 6.79 Å². The van der Waals surface area contributed by atoms with Crippen molar-refractivity contribution in [3.05, 3.63) is 23.8 Å². The van der Waals surface area contributed by atoms with Crippen molar-refractivity contribution in [1.29, 1.82) is 5.26 Å². The molecule has 1 aromatic rings. The van der Waals surface area contributed by atoms with E-state index in [4.69, 9.17) is 14.7 Å². The minimum atomic E-state index is 0.0222. The predicted molar refractivity (Wildman–Crippen MR) is 59.0 cm³/mol. The molecule has 0 aliphatic carbocycles. The lowest BCUT2D eigenvalue weighted by molar-refractivity contribution is 0.173. The lowest BCUT2D eigenvalue weighted by Gasteiger charge is -2.08. The van der Waals surface area contributed by atoms with Gasteiger partial charge in [0.15, 0.2) is 11.5 Å². The average molecular weight is 218 g/mol. The van der Waals surface area contributed by atoms with Gasteiger partial charge in [-0.2, -0.15) is 5.26 Å². The summed E-state index contributed by atoms with van der Waals surface area (Å²) in [5, 5.41) is 11.9. The fourth-order valence-electron chi connectivity index (χ4n) is 1.60. The largest absolute Gasteiger partial charge is 0.454 e. The van der Waals surface area contributed by atoms with Crippen LogP contribution in [0.25, 0.3) is 0 Å². The molecule has 84 valence electrons. The summed E-state index contributed by atoms with van der Waals surface area (Å²) < 4.78 is 10.7. The van der Waals surface area contributed by atoms with E-state index in [9.17, 15) is 0 Å². The Balaban J connectivity index is 1.95. The van der Waals surface area contributed by atoms with Gasteiger partial charge in [0.25, 0.3) is 0 Å². The van der Waals surface area contributed by atoms with Crippen LogP contribution in [0.5, 0.6) is 11.5 Å². The Labute approximate surface area is 94.8 Å². The van der Waals surface area contributed by atoms with Gasteiger partial charge in [-0.05, 0) is 13.0 Å². The number of ether oxygens (including phenoxy) is 2. The topological polar surface area (TPSA) is 54.3 Å². The SMILES string of the molecule is CC(C#N)CNCc1cccc2c1OCO2. The zero-order valence-electron chi connectivity index (χ0n) is 9.19. The number of hydrogen-bond acceptors (Lipinski definition) is 4. The Morgan fingerprint density at radius 1 is 1.50 bits per heavy atom. The van der Waals surface area contributed by atoms with Crippen LogP contribution in [0.1, 0.15) is 12.5 Å². The molecule has 0 saturated heterocycles. The molecule has 1 aliphatic heterocycles. The second-order valence-corrected chi connectivity index (χ2v) is 3.81. The number of nitriles is 1. The summed E-state index contributed by atoms with van der Waals surface area (Å²) in [7, 11) is 0. The first-order chi connectivity index (χ1) is 7.81. The van der Waals surface area contributed by atoms with Gasteiger partial charge in [-0.1, -0.05) is 12.1 Å². The maximum atomic E-state index is 8.65. The number of hydrogen-bond donors (Lipinski definition) is 1. The zero-order chi connectivity index (χ0) is 11.4.